The van der Waals surface area contributed by atoms with Crippen molar-refractivity contribution in [2.24, 2.45) is 5.92 Å². The van der Waals surface area contributed by atoms with E-state index in [2.05, 4.69) is 16.0 Å². The maximum Gasteiger partial charge on any atom is 0.238 e. The summed E-state index contributed by atoms with van der Waals surface area (Å²) in [6.07, 6.45) is 4.29. The molecular weight excluding hydrogens is 310 g/mol. The fourth-order valence-electron chi connectivity index (χ4n) is 3.07. The van der Waals surface area contributed by atoms with Gasteiger partial charge >= 0.3 is 0 Å². The van der Waals surface area contributed by atoms with Crippen molar-refractivity contribution >= 4 is 29.3 Å². The molecule has 1 unspecified atom stereocenters. The second-order valence-corrected chi connectivity index (χ2v) is 7.19. The normalized spacial score (nSPS) is 21.3. The summed E-state index contributed by atoms with van der Waals surface area (Å²) in [6.45, 7) is 0.481. The first-order valence-electron chi connectivity index (χ1n) is 8.21. The van der Waals surface area contributed by atoms with Crippen LogP contribution in [0.25, 0.3) is 0 Å². The highest BCUT2D eigenvalue weighted by Crippen LogP contribution is 2.26. The molecule has 1 saturated heterocycles. The van der Waals surface area contributed by atoms with Crippen molar-refractivity contribution in [1.82, 2.24) is 10.6 Å². The van der Waals surface area contributed by atoms with Gasteiger partial charge in [0.1, 0.15) is 0 Å². The van der Waals surface area contributed by atoms with Gasteiger partial charge in [0.25, 0.3) is 0 Å². The minimum atomic E-state index is -0.0924. The third kappa shape index (κ3) is 4.48. The van der Waals surface area contributed by atoms with E-state index in [9.17, 15) is 9.59 Å². The van der Waals surface area contributed by atoms with Crippen LogP contribution in [-0.2, 0) is 16.1 Å². The number of anilines is 1. The highest BCUT2D eigenvalue weighted by molar-refractivity contribution is 7.99. The van der Waals surface area contributed by atoms with E-state index in [1.165, 1.54) is 0 Å². The Kier molecular flexibility index (Phi) is 5.56. The molecule has 3 rings (SSSR count). The molecule has 5 nitrogen and oxygen atoms in total. The van der Waals surface area contributed by atoms with Crippen LogP contribution in [0.1, 0.15) is 31.2 Å². The third-order valence-electron chi connectivity index (χ3n) is 4.42. The summed E-state index contributed by atoms with van der Waals surface area (Å²) in [5.74, 6) is 1.97. The summed E-state index contributed by atoms with van der Waals surface area (Å²) in [4.78, 5) is 24.2. The molecular formula is C17H23N3O2S. The van der Waals surface area contributed by atoms with Gasteiger partial charge in [0.2, 0.25) is 11.8 Å². The van der Waals surface area contributed by atoms with Crippen molar-refractivity contribution in [3.8, 4) is 0 Å². The molecule has 0 radical (unpaired) electrons. The van der Waals surface area contributed by atoms with E-state index in [1.54, 1.807) is 11.8 Å². The minimum absolute atomic E-state index is 0.0374. The Hall–Kier alpha value is -1.53. The maximum absolute atomic E-state index is 12.2. The Morgan fingerprint density at radius 1 is 1.22 bits per heavy atom. The highest BCUT2D eigenvalue weighted by atomic mass is 32.2. The number of nitrogens with one attached hydrogen (secondary N) is 3. The van der Waals surface area contributed by atoms with Gasteiger partial charge in [-0.1, -0.05) is 25.0 Å². The molecule has 1 aliphatic heterocycles. The molecule has 23 heavy (non-hydrogen) atoms. The van der Waals surface area contributed by atoms with Gasteiger partial charge in [0.05, 0.1) is 6.04 Å². The average molecular weight is 333 g/mol. The zero-order valence-electron chi connectivity index (χ0n) is 13.1. The molecule has 3 N–H and O–H groups in total. The van der Waals surface area contributed by atoms with Crippen LogP contribution >= 0.6 is 11.8 Å². The average Bonchev–Trinajstić information content (AvgIpc) is 3.25. The Morgan fingerprint density at radius 2 is 2.04 bits per heavy atom. The lowest BCUT2D eigenvalue weighted by Crippen LogP contribution is -2.41. The van der Waals surface area contributed by atoms with E-state index >= 15 is 0 Å². The smallest absolute Gasteiger partial charge is 0.238 e. The molecule has 1 aromatic carbocycles. The lowest BCUT2D eigenvalue weighted by Gasteiger charge is -2.13. The molecule has 2 amide bonds. The summed E-state index contributed by atoms with van der Waals surface area (Å²) >= 11 is 1.73. The second kappa shape index (κ2) is 7.84. The molecule has 1 aromatic rings. The second-order valence-electron chi connectivity index (χ2n) is 6.16. The van der Waals surface area contributed by atoms with Crippen LogP contribution in [0, 0.1) is 5.92 Å². The van der Waals surface area contributed by atoms with Gasteiger partial charge in [0, 0.05) is 29.8 Å². The van der Waals surface area contributed by atoms with Crippen molar-refractivity contribution in [3.63, 3.8) is 0 Å². The Labute approximate surface area is 141 Å². The number of carbonyl (C=O) groups excluding carboxylic acids is 2. The molecule has 0 spiro atoms. The SMILES string of the molecule is O=C(Nc1cccc(CNC(=O)C2CSCN2)c1)C1CCCC1. The van der Waals surface area contributed by atoms with Crippen LogP contribution < -0.4 is 16.0 Å². The predicted molar refractivity (Wildman–Crippen MR) is 93.1 cm³/mol. The summed E-state index contributed by atoms with van der Waals surface area (Å²) in [5.41, 5.74) is 1.80. The molecule has 2 aliphatic rings. The number of hydrogen-bond acceptors (Lipinski definition) is 4. The van der Waals surface area contributed by atoms with Crippen LogP contribution in [0.5, 0.6) is 0 Å². The van der Waals surface area contributed by atoms with Gasteiger partial charge in [-0.3, -0.25) is 14.9 Å². The highest BCUT2D eigenvalue weighted by Gasteiger charge is 2.23. The third-order valence-corrected chi connectivity index (χ3v) is 5.36. The molecule has 124 valence electrons. The van der Waals surface area contributed by atoms with Crippen molar-refractivity contribution in [3.05, 3.63) is 29.8 Å². The monoisotopic (exact) mass is 333 g/mol. The van der Waals surface area contributed by atoms with E-state index in [0.717, 1.165) is 48.6 Å². The minimum Gasteiger partial charge on any atom is -0.351 e. The van der Waals surface area contributed by atoms with E-state index in [4.69, 9.17) is 0 Å². The van der Waals surface area contributed by atoms with E-state index in [0.29, 0.717) is 6.54 Å². The number of hydrogen-bond donors (Lipinski definition) is 3. The summed E-state index contributed by atoms with van der Waals surface area (Å²) in [6, 6.07) is 7.61. The number of rotatable bonds is 5. The Morgan fingerprint density at radius 3 is 2.78 bits per heavy atom. The number of amides is 2. The first-order valence-corrected chi connectivity index (χ1v) is 9.36. The van der Waals surface area contributed by atoms with Gasteiger partial charge < -0.3 is 10.6 Å². The van der Waals surface area contributed by atoms with Gasteiger partial charge in [-0.25, -0.2) is 0 Å². The fourth-order valence-corrected chi connectivity index (χ4v) is 4.01. The van der Waals surface area contributed by atoms with Gasteiger partial charge in [-0.2, -0.15) is 0 Å². The summed E-state index contributed by atoms with van der Waals surface area (Å²) in [5, 5.41) is 9.10. The zero-order valence-corrected chi connectivity index (χ0v) is 14.0. The predicted octanol–water partition coefficient (Wildman–Crippen LogP) is 2.09. The first-order chi connectivity index (χ1) is 11.2. The van der Waals surface area contributed by atoms with Crippen molar-refractivity contribution in [2.75, 3.05) is 16.9 Å². The van der Waals surface area contributed by atoms with Gasteiger partial charge in [-0.05, 0) is 30.5 Å². The Bertz CT molecular complexity index is 567. The topological polar surface area (TPSA) is 70.2 Å². The standard InChI is InChI=1S/C17H23N3O2S/c21-16(13-5-1-2-6-13)20-14-7-3-4-12(8-14)9-18-17(22)15-10-23-11-19-15/h3-4,7-8,13,15,19H,1-2,5-6,9-11H2,(H,18,22)(H,20,21). The van der Waals surface area contributed by atoms with E-state index < -0.39 is 0 Å². The van der Waals surface area contributed by atoms with Gasteiger partial charge in [0.15, 0.2) is 0 Å². The molecule has 2 fully saturated rings. The zero-order chi connectivity index (χ0) is 16.1. The number of benzene rings is 1. The van der Waals surface area contributed by atoms with Crippen LogP contribution in [0.3, 0.4) is 0 Å². The lowest BCUT2D eigenvalue weighted by molar-refractivity contribution is -0.122. The molecule has 0 bridgehead atoms. The van der Waals surface area contributed by atoms with Crippen molar-refractivity contribution < 1.29 is 9.59 Å². The lowest BCUT2D eigenvalue weighted by atomic mass is 10.1. The molecule has 1 atom stereocenters. The van der Waals surface area contributed by atoms with E-state index in [-0.39, 0.29) is 23.8 Å². The molecule has 6 heteroatoms. The summed E-state index contributed by atoms with van der Waals surface area (Å²) in [7, 11) is 0. The van der Waals surface area contributed by atoms with Crippen LogP contribution in [0.15, 0.2) is 24.3 Å². The van der Waals surface area contributed by atoms with Gasteiger partial charge in [-0.15, -0.1) is 11.8 Å². The van der Waals surface area contributed by atoms with Crippen molar-refractivity contribution in [1.29, 1.82) is 0 Å². The fraction of sp³-hybridized carbons (Fsp3) is 0.529. The molecule has 0 aromatic heterocycles. The first kappa shape index (κ1) is 16.3. The summed E-state index contributed by atoms with van der Waals surface area (Å²) < 4.78 is 0. The quantitative estimate of drug-likeness (QED) is 0.772. The molecule has 1 aliphatic carbocycles. The van der Waals surface area contributed by atoms with Crippen LogP contribution in [0.2, 0.25) is 0 Å². The Balaban J connectivity index is 1.52. The maximum atomic E-state index is 12.2. The van der Waals surface area contributed by atoms with Crippen LogP contribution in [0.4, 0.5) is 5.69 Å². The van der Waals surface area contributed by atoms with E-state index in [1.807, 2.05) is 24.3 Å². The van der Waals surface area contributed by atoms with Crippen molar-refractivity contribution in [2.45, 2.75) is 38.3 Å². The number of carbonyl (C=O) groups is 2. The largest absolute Gasteiger partial charge is 0.351 e. The van der Waals surface area contributed by atoms with Crippen LogP contribution in [-0.4, -0.2) is 29.5 Å². The molecule has 1 heterocycles. The number of thioether (sulfide) groups is 1. The molecule has 1 saturated carbocycles.